The van der Waals surface area contributed by atoms with Crippen molar-refractivity contribution in [2.24, 2.45) is 0 Å². The Bertz CT molecular complexity index is 536. The van der Waals surface area contributed by atoms with Crippen LogP contribution in [0.4, 0.5) is 0 Å². The number of rotatable bonds is 6. The molecule has 1 saturated heterocycles. The molecule has 1 heterocycles. The summed E-state index contributed by atoms with van der Waals surface area (Å²) in [6.45, 7) is 3.44. The SMILES string of the molecule is CCOc1ccccc1CN(C(=O)CCl)C1CCCNC1=O. The normalized spacial score (nSPS) is 17.7. The number of para-hydroxylation sites is 1. The van der Waals surface area contributed by atoms with Crippen LogP contribution in [-0.4, -0.2) is 41.8 Å². The Morgan fingerprint density at radius 1 is 1.45 bits per heavy atom. The predicted octanol–water partition coefficient (Wildman–Crippen LogP) is 1.93. The standard InChI is InChI=1S/C16H21ClN2O3/c1-2-22-14-8-4-3-6-12(14)11-19(15(20)10-17)13-7-5-9-18-16(13)21/h3-4,6,8,13H,2,5,7,9-11H2,1H3,(H,18,21). The molecular weight excluding hydrogens is 304 g/mol. The number of hydrogen-bond acceptors (Lipinski definition) is 3. The second kappa shape index (κ2) is 8.03. The van der Waals surface area contributed by atoms with Crippen molar-refractivity contribution in [2.45, 2.75) is 32.4 Å². The fourth-order valence-electron chi connectivity index (χ4n) is 2.62. The quantitative estimate of drug-likeness (QED) is 0.813. The van der Waals surface area contributed by atoms with Crippen LogP contribution in [0.25, 0.3) is 0 Å². The minimum absolute atomic E-state index is 0.112. The van der Waals surface area contributed by atoms with Gasteiger partial charge >= 0.3 is 0 Å². The van der Waals surface area contributed by atoms with E-state index in [0.717, 1.165) is 17.7 Å². The second-order valence-electron chi connectivity index (χ2n) is 5.15. The van der Waals surface area contributed by atoms with Crippen molar-refractivity contribution in [1.82, 2.24) is 10.2 Å². The molecule has 0 bridgehead atoms. The lowest BCUT2D eigenvalue weighted by molar-refractivity contribution is -0.140. The summed E-state index contributed by atoms with van der Waals surface area (Å²) in [5.74, 6) is 0.239. The van der Waals surface area contributed by atoms with E-state index in [-0.39, 0.29) is 17.7 Å². The van der Waals surface area contributed by atoms with Crippen LogP contribution in [0, 0.1) is 0 Å². The first kappa shape index (κ1) is 16.6. The van der Waals surface area contributed by atoms with Gasteiger partial charge in [-0.05, 0) is 25.8 Å². The molecule has 1 aliphatic rings. The Morgan fingerprint density at radius 2 is 2.23 bits per heavy atom. The first-order valence-electron chi connectivity index (χ1n) is 7.51. The van der Waals surface area contributed by atoms with Crippen LogP contribution in [0.1, 0.15) is 25.3 Å². The third kappa shape index (κ3) is 3.91. The molecule has 1 aromatic carbocycles. The van der Waals surface area contributed by atoms with Gasteiger partial charge in [0.05, 0.1) is 13.2 Å². The number of nitrogens with zero attached hydrogens (tertiary/aromatic N) is 1. The van der Waals surface area contributed by atoms with Crippen molar-refractivity contribution in [1.29, 1.82) is 0 Å². The molecule has 2 rings (SSSR count). The molecule has 0 radical (unpaired) electrons. The second-order valence-corrected chi connectivity index (χ2v) is 5.41. The summed E-state index contributed by atoms with van der Waals surface area (Å²) in [6.07, 6.45) is 1.51. The summed E-state index contributed by atoms with van der Waals surface area (Å²) < 4.78 is 5.59. The van der Waals surface area contributed by atoms with Crippen molar-refractivity contribution in [3.8, 4) is 5.75 Å². The van der Waals surface area contributed by atoms with Crippen molar-refractivity contribution >= 4 is 23.4 Å². The van der Waals surface area contributed by atoms with E-state index in [1.54, 1.807) is 4.90 Å². The fraction of sp³-hybridized carbons (Fsp3) is 0.500. The van der Waals surface area contributed by atoms with Crippen LogP contribution in [0.3, 0.4) is 0 Å². The van der Waals surface area contributed by atoms with Gasteiger partial charge in [0.1, 0.15) is 17.7 Å². The van der Waals surface area contributed by atoms with E-state index in [4.69, 9.17) is 16.3 Å². The molecule has 1 atom stereocenters. The molecular formula is C16H21ClN2O3. The maximum atomic E-state index is 12.2. The van der Waals surface area contributed by atoms with E-state index in [2.05, 4.69) is 5.32 Å². The Kier molecular flexibility index (Phi) is 6.07. The average Bonchev–Trinajstić information content (AvgIpc) is 2.54. The van der Waals surface area contributed by atoms with Crippen molar-refractivity contribution in [3.63, 3.8) is 0 Å². The van der Waals surface area contributed by atoms with Crippen LogP contribution >= 0.6 is 11.6 Å². The molecule has 1 unspecified atom stereocenters. The van der Waals surface area contributed by atoms with Gasteiger partial charge < -0.3 is 15.0 Å². The van der Waals surface area contributed by atoms with Crippen LogP contribution in [0.2, 0.25) is 0 Å². The molecule has 5 nitrogen and oxygen atoms in total. The van der Waals surface area contributed by atoms with Crippen molar-refractivity contribution in [3.05, 3.63) is 29.8 Å². The van der Waals surface area contributed by atoms with Gasteiger partial charge in [-0.2, -0.15) is 0 Å². The van der Waals surface area contributed by atoms with Crippen LogP contribution in [0.5, 0.6) is 5.75 Å². The molecule has 6 heteroatoms. The number of benzene rings is 1. The molecule has 0 aromatic heterocycles. The summed E-state index contributed by atoms with van der Waals surface area (Å²) in [5, 5.41) is 2.81. The minimum atomic E-state index is -0.463. The molecule has 0 saturated carbocycles. The van der Waals surface area contributed by atoms with E-state index >= 15 is 0 Å². The number of hydrogen-bond donors (Lipinski definition) is 1. The average molecular weight is 325 g/mol. The van der Waals surface area contributed by atoms with Crippen LogP contribution in [0.15, 0.2) is 24.3 Å². The van der Waals surface area contributed by atoms with Gasteiger partial charge in [-0.3, -0.25) is 9.59 Å². The predicted molar refractivity (Wildman–Crippen MR) is 84.9 cm³/mol. The smallest absolute Gasteiger partial charge is 0.242 e. The number of carbonyl (C=O) groups excluding carboxylic acids is 2. The fourth-order valence-corrected chi connectivity index (χ4v) is 2.77. The highest BCUT2D eigenvalue weighted by atomic mass is 35.5. The lowest BCUT2D eigenvalue weighted by atomic mass is 10.0. The maximum Gasteiger partial charge on any atom is 0.242 e. The van der Waals surface area contributed by atoms with Gasteiger partial charge in [0.15, 0.2) is 0 Å². The van der Waals surface area contributed by atoms with E-state index in [9.17, 15) is 9.59 Å². The van der Waals surface area contributed by atoms with Gasteiger partial charge in [-0.25, -0.2) is 0 Å². The van der Waals surface area contributed by atoms with Gasteiger partial charge in [-0.1, -0.05) is 18.2 Å². The topological polar surface area (TPSA) is 58.6 Å². The monoisotopic (exact) mass is 324 g/mol. The van der Waals surface area contributed by atoms with Crippen molar-refractivity contribution in [2.75, 3.05) is 19.0 Å². The molecule has 22 heavy (non-hydrogen) atoms. The van der Waals surface area contributed by atoms with Crippen molar-refractivity contribution < 1.29 is 14.3 Å². The van der Waals surface area contributed by atoms with Crippen LogP contribution < -0.4 is 10.1 Å². The zero-order chi connectivity index (χ0) is 15.9. The third-order valence-electron chi connectivity index (χ3n) is 3.68. The zero-order valence-corrected chi connectivity index (χ0v) is 13.4. The molecule has 1 aliphatic heterocycles. The third-order valence-corrected chi connectivity index (χ3v) is 3.91. The highest BCUT2D eigenvalue weighted by molar-refractivity contribution is 6.27. The number of amides is 2. The Hall–Kier alpha value is -1.75. The van der Waals surface area contributed by atoms with E-state index in [1.807, 2.05) is 31.2 Å². The highest BCUT2D eigenvalue weighted by Gasteiger charge is 2.31. The highest BCUT2D eigenvalue weighted by Crippen LogP contribution is 2.23. The lowest BCUT2D eigenvalue weighted by Gasteiger charge is -2.33. The molecule has 2 amide bonds. The Morgan fingerprint density at radius 3 is 2.91 bits per heavy atom. The molecule has 1 N–H and O–H groups in total. The maximum absolute atomic E-state index is 12.2. The molecule has 1 aromatic rings. The number of alkyl halides is 1. The Balaban J connectivity index is 2.23. The van der Waals surface area contributed by atoms with E-state index < -0.39 is 6.04 Å². The molecule has 0 aliphatic carbocycles. The van der Waals surface area contributed by atoms with Gasteiger partial charge in [0, 0.05) is 12.1 Å². The van der Waals surface area contributed by atoms with Gasteiger partial charge in [0.25, 0.3) is 0 Å². The number of halogens is 1. The Labute approximate surface area is 135 Å². The largest absolute Gasteiger partial charge is 0.494 e. The lowest BCUT2D eigenvalue weighted by Crippen LogP contribution is -2.52. The van der Waals surface area contributed by atoms with Crippen LogP contribution in [-0.2, 0) is 16.1 Å². The number of nitrogens with one attached hydrogen (secondary N) is 1. The molecule has 1 fully saturated rings. The molecule has 0 spiro atoms. The number of ether oxygens (including phenoxy) is 1. The first-order chi connectivity index (χ1) is 10.7. The summed E-state index contributed by atoms with van der Waals surface area (Å²) in [5.41, 5.74) is 0.876. The summed E-state index contributed by atoms with van der Waals surface area (Å²) in [6, 6.07) is 7.08. The minimum Gasteiger partial charge on any atom is -0.494 e. The summed E-state index contributed by atoms with van der Waals surface area (Å²) >= 11 is 5.73. The van der Waals surface area contributed by atoms with Gasteiger partial charge in [-0.15, -0.1) is 11.6 Å². The first-order valence-corrected chi connectivity index (χ1v) is 8.04. The van der Waals surface area contributed by atoms with Gasteiger partial charge in [0.2, 0.25) is 11.8 Å². The van der Waals surface area contributed by atoms with E-state index in [1.165, 1.54) is 0 Å². The zero-order valence-electron chi connectivity index (χ0n) is 12.7. The molecule has 120 valence electrons. The van der Waals surface area contributed by atoms with E-state index in [0.29, 0.717) is 26.1 Å². The number of piperidine rings is 1. The summed E-state index contributed by atoms with van der Waals surface area (Å²) in [4.78, 5) is 25.8. The number of carbonyl (C=O) groups is 2. The summed E-state index contributed by atoms with van der Waals surface area (Å²) in [7, 11) is 0.